The Kier molecular flexibility index (Phi) is 7.56. The summed E-state index contributed by atoms with van der Waals surface area (Å²) in [6.45, 7) is 2.68. The van der Waals surface area contributed by atoms with E-state index in [0.29, 0.717) is 36.3 Å². The molecule has 0 unspecified atom stereocenters. The Hall–Kier alpha value is -3.01. The molecule has 0 bridgehead atoms. The van der Waals surface area contributed by atoms with Crippen LogP contribution in [0.3, 0.4) is 0 Å². The van der Waals surface area contributed by atoms with Crippen LogP contribution >= 0.6 is 11.3 Å². The van der Waals surface area contributed by atoms with Crippen LogP contribution in [0.25, 0.3) is 0 Å². The number of nitrogens with one attached hydrogen (secondary N) is 3. The van der Waals surface area contributed by atoms with Crippen molar-refractivity contribution in [3.05, 3.63) is 82.0 Å². The SMILES string of the molecule is CCNC(=O)c1ccc(NC(=O)c2ccc(S(=O)(=O)NCCc3cccs3)cc2)cc1. The number of carbonyl (C=O) groups excluding carboxylic acids is 2. The lowest BCUT2D eigenvalue weighted by molar-refractivity contribution is 0.0955. The van der Waals surface area contributed by atoms with Crippen LogP contribution in [0.15, 0.2) is 70.9 Å². The number of hydrogen-bond acceptors (Lipinski definition) is 5. The van der Waals surface area contributed by atoms with Crippen LogP contribution in [0.2, 0.25) is 0 Å². The topological polar surface area (TPSA) is 104 Å². The van der Waals surface area contributed by atoms with Crippen molar-refractivity contribution in [2.75, 3.05) is 18.4 Å². The van der Waals surface area contributed by atoms with Crippen molar-refractivity contribution in [2.45, 2.75) is 18.2 Å². The maximum Gasteiger partial charge on any atom is 0.255 e. The molecule has 0 aliphatic heterocycles. The van der Waals surface area contributed by atoms with Crippen LogP contribution in [-0.4, -0.2) is 33.3 Å². The molecular formula is C22H23N3O4S2. The number of hydrogen-bond donors (Lipinski definition) is 3. The summed E-state index contributed by atoms with van der Waals surface area (Å²) >= 11 is 1.58. The third-order valence-corrected chi connectivity index (χ3v) is 6.83. The van der Waals surface area contributed by atoms with E-state index in [1.807, 2.05) is 24.4 Å². The second-order valence-electron chi connectivity index (χ2n) is 6.64. The number of anilines is 1. The average Bonchev–Trinajstić information content (AvgIpc) is 3.28. The van der Waals surface area contributed by atoms with Gasteiger partial charge in [-0.25, -0.2) is 13.1 Å². The molecule has 0 aliphatic carbocycles. The van der Waals surface area contributed by atoms with Gasteiger partial charge >= 0.3 is 0 Å². The third-order valence-electron chi connectivity index (χ3n) is 4.41. The van der Waals surface area contributed by atoms with Gasteiger partial charge in [0.25, 0.3) is 11.8 Å². The van der Waals surface area contributed by atoms with E-state index in [4.69, 9.17) is 0 Å². The molecular weight excluding hydrogens is 434 g/mol. The minimum atomic E-state index is -3.65. The second-order valence-corrected chi connectivity index (χ2v) is 9.44. The fourth-order valence-electron chi connectivity index (χ4n) is 2.80. The van der Waals surface area contributed by atoms with Crippen LogP contribution < -0.4 is 15.4 Å². The lowest BCUT2D eigenvalue weighted by atomic mass is 10.1. The first-order valence-corrected chi connectivity index (χ1v) is 12.1. The van der Waals surface area contributed by atoms with Crippen molar-refractivity contribution in [3.8, 4) is 0 Å². The first kappa shape index (κ1) is 22.7. The van der Waals surface area contributed by atoms with Crippen molar-refractivity contribution in [1.29, 1.82) is 0 Å². The number of rotatable bonds is 9. The van der Waals surface area contributed by atoms with Gasteiger partial charge in [-0.2, -0.15) is 0 Å². The Morgan fingerprint density at radius 1 is 0.903 bits per heavy atom. The fourth-order valence-corrected chi connectivity index (χ4v) is 4.54. The van der Waals surface area contributed by atoms with Gasteiger partial charge < -0.3 is 10.6 Å². The zero-order valence-corrected chi connectivity index (χ0v) is 18.6. The van der Waals surface area contributed by atoms with Gasteiger partial charge in [0, 0.05) is 34.8 Å². The van der Waals surface area contributed by atoms with Crippen LogP contribution in [0.4, 0.5) is 5.69 Å². The van der Waals surface area contributed by atoms with Crippen molar-refractivity contribution in [2.24, 2.45) is 0 Å². The predicted molar refractivity (Wildman–Crippen MR) is 122 cm³/mol. The lowest BCUT2D eigenvalue weighted by Crippen LogP contribution is -2.26. The van der Waals surface area contributed by atoms with Crippen LogP contribution in [-0.2, 0) is 16.4 Å². The highest BCUT2D eigenvalue weighted by molar-refractivity contribution is 7.89. The smallest absolute Gasteiger partial charge is 0.255 e. The summed E-state index contributed by atoms with van der Waals surface area (Å²) in [6.07, 6.45) is 0.621. The van der Waals surface area contributed by atoms with Crippen molar-refractivity contribution in [1.82, 2.24) is 10.0 Å². The monoisotopic (exact) mass is 457 g/mol. The third kappa shape index (κ3) is 6.24. The van der Waals surface area contributed by atoms with Gasteiger partial charge in [0.2, 0.25) is 10.0 Å². The standard InChI is InChI=1S/C22H23N3O4S2/c1-2-23-21(26)16-5-9-18(10-6-16)25-22(27)17-7-11-20(12-8-17)31(28,29)24-14-13-19-4-3-15-30-19/h3-12,15,24H,2,13-14H2,1H3,(H,23,26)(H,25,27). The van der Waals surface area contributed by atoms with Gasteiger partial charge in [-0.3, -0.25) is 9.59 Å². The molecule has 7 nitrogen and oxygen atoms in total. The number of benzene rings is 2. The van der Waals surface area contributed by atoms with Gasteiger partial charge in [-0.05, 0) is 73.3 Å². The van der Waals surface area contributed by atoms with E-state index in [1.54, 1.807) is 35.6 Å². The first-order valence-electron chi connectivity index (χ1n) is 9.71. The summed E-state index contributed by atoms with van der Waals surface area (Å²) in [6, 6.07) is 16.1. The largest absolute Gasteiger partial charge is 0.352 e. The molecule has 2 aromatic carbocycles. The quantitative estimate of drug-likeness (QED) is 0.459. The molecule has 162 valence electrons. The summed E-state index contributed by atoms with van der Waals surface area (Å²) in [4.78, 5) is 25.4. The summed E-state index contributed by atoms with van der Waals surface area (Å²) < 4.78 is 27.4. The zero-order valence-electron chi connectivity index (χ0n) is 16.9. The summed E-state index contributed by atoms with van der Waals surface area (Å²) in [5, 5.41) is 7.38. The predicted octanol–water partition coefficient (Wildman–Crippen LogP) is 3.27. The Bertz CT molecular complexity index is 1120. The highest BCUT2D eigenvalue weighted by atomic mass is 32.2. The van der Waals surface area contributed by atoms with E-state index in [-0.39, 0.29) is 16.7 Å². The lowest BCUT2D eigenvalue weighted by Gasteiger charge is -2.09. The van der Waals surface area contributed by atoms with Crippen molar-refractivity contribution >= 4 is 38.9 Å². The molecule has 0 fully saturated rings. The first-order chi connectivity index (χ1) is 14.9. The molecule has 0 aliphatic rings. The molecule has 0 saturated heterocycles. The molecule has 0 atom stereocenters. The average molecular weight is 458 g/mol. The molecule has 3 N–H and O–H groups in total. The van der Waals surface area contributed by atoms with E-state index in [9.17, 15) is 18.0 Å². The van der Waals surface area contributed by atoms with Gasteiger partial charge in [-0.1, -0.05) is 6.07 Å². The summed E-state index contributed by atoms with van der Waals surface area (Å²) in [5.41, 5.74) is 1.36. The molecule has 0 radical (unpaired) electrons. The molecule has 31 heavy (non-hydrogen) atoms. The van der Waals surface area contributed by atoms with Crippen LogP contribution in [0.1, 0.15) is 32.5 Å². The Balaban J connectivity index is 1.58. The number of carbonyl (C=O) groups is 2. The Morgan fingerprint density at radius 2 is 1.55 bits per heavy atom. The molecule has 1 aromatic heterocycles. The minimum absolute atomic E-state index is 0.0986. The molecule has 3 aromatic rings. The van der Waals surface area contributed by atoms with Crippen LogP contribution in [0, 0.1) is 0 Å². The van der Waals surface area contributed by atoms with E-state index < -0.39 is 10.0 Å². The second kappa shape index (κ2) is 10.3. The van der Waals surface area contributed by atoms with E-state index in [2.05, 4.69) is 15.4 Å². The maximum atomic E-state index is 12.4. The minimum Gasteiger partial charge on any atom is -0.352 e. The molecule has 9 heteroatoms. The van der Waals surface area contributed by atoms with Gasteiger partial charge in [-0.15, -0.1) is 11.3 Å². The highest BCUT2D eigenvalue weighted by Crippen LogP contribution is 2.15. The molecule has 0 spiro atoms. The van der Waals surface area contributed by atoms with Crippen molar-refractivity contribution < 1.29 is 18.0 Å². The maximum absolute atomic E-state index is 12.4. The van der Waals surface area contributed by atoms with Crippen LogP contribution in [0.5, 0.6) is 0 Å². The molecule has 2 amide bonds. The zero-order chi connectivity index (χ0) is 22.3. The van der Waals surface area contributed by atoms with Crippen molar-refractivity contribution in [3.63, 3.8) is 0 Å². The number of thiophene rings is 1. The highest BCUT2D eigenvalue weighted by Gasteiger charge is 2.15. The molecule has 3 rings (SSSR count). The fraction of sp³-hybridized carbons (Fsp3) is 0.182. The van der Waals surface area contributed by atoms with Gasteiger partial charge in [0.05, 0.1) is 4.90 Å². The molecule has 1 heterocycles. The number of sulfonamides is 1. The van der Waals surface area contributed by atoms with Gasteiger partial charge in [0.15, 0.2) is 0 Å². The van der Waals surface area contributed by atoms with Gasteiger partial charge in [0.1, 0.15) is 0 Å². The number of amides is 2. The van der Waals surface area contributed by atoms with E-state index >= 15 is 0 Å². The summed E-state index contributed by atoms with van der Waals surface area (Å²) in [7, 11) is -3.65. The Morgan fingerprint density at radius 3 is 2.16 bits per heavy atom. The van der Waals surface area contributed by atoms with E-state index in [0.717, 1.165) is 4.88 Å². The normalized spacial score (nSPS) is 11.1. The molecule has 0 saturated carbocycles. The summed E-state index contributed by atoms with van der Waals surface area (Å²) in [5.74, 6) is -0.554. The van der Waals surface area contributed by atoms with E-state index in [1.165, 1.54) is 24.3 Å². The Labute approximate surface area is 185 Å².